The third-order valence-electron chi connectivity index (χ3n) is 3.24. The molecule has 2 rings (SSSR count). The summed E-state index contributed by atoms with van der Waals surface area (Å²) in [6.45, 7) is 2.42. The monoisotopic (exact) mass is 243 g/mol. The minimum absolute atomic E-state index is 0.154. The zero-order valence-electron chi connectivity index (χ0n) is 10.6. The Hall–Kier alpha value is -1.67. The highest BCUT2D eigenvalue weighted by Gasteiger charge is 2.14. The number of benzene rings is 2. The Morgan fingerprint density at radius 2 is 1.78 bits per heavy atom. The van der Waals surface area contributed by atoms with Crippen LogP contribution in [0, 0.1) is 12.7 Å². The average Bonchev–Trinajstić information content (AvgIpc) is 2.40. The summed E-state index contributed by atoms with van der Waals surface area (Å²) < 4.78 is 13.3. The molecule has 0 heterocycles. The second kappa shape index (κ2) is 5.78. The van der Waals surface area contributed by atoms with Gasteiger partial charge in [-0.3, -0.25) is 0 Å². The van der Waals surface area contributed by atoms with Crippen LogP contribution >= 0.6 is 0 Å². The summed E-state index contributed by atoms with van der Waals surface area (Å²) in [5.41, 5.74) is 8.74. The van der Waals surface area contributed by atoms with Crippen LogP contribution in [0.3, 0.4) is 0 Å². The lowest BCUT2D eigenvalue weighted by Crippen LogP contribution is -2.09. The SMILES string of the molecule is Cc1cc(C(CCN)c2ccccc2)ccc1F. The van der Waals surface area contributed by atoms with E-state index in [1.54, 1.807) is 6.92 Å². The quantitative estimate of drug-likeness (QED) is 0.872. The predicted molar refractivity (Wildman–Crippen MR) is 73.1 cm³/mol. The van der Waals surface area contributed by atoms with Gasteiger partial charge in [-0.15, -0.1) is 0 Å². The van der Waals surface area contributed by atoms with Gasteiger partial charge in [-0.25, -0.2) is 4.39 Å². The van der Waals surface area contributed by atoms with Gasteiger partial charge in [0.1, 0.15) is 5.82 Å². The molecular formula is C16H18FN. The Kier molecular flexibility index (Phi) is 4.11. The first-order valence-electron chi connectivity index (χ1n) is 6.23. The van der Waals surface area contributed by atoms with Crippen LogP contribution in [-0.2, 0) is 0 Å². The molecule has 0 saturated heterocycles. The normalized spacial score (nSPS) is 12.4. The second-order valence-electron chi connectivity index (χ2n) is 4.55. The Bertz CT molecular complexity index is 508. The van der Waals surface area contributed by atoms with Crippen LogP contribution in [0.1, 0.15) is 29.0 Å². The summed E-state index contributed by atoms with van der Waals surface area (Å²) in [6, 6.07) is 15.6. The van der Waals surface area contributed by atoms with Crippen molar-refractivity contribution in [2.45, 2.75) is 19.3 Å². The lowest BCUT2D eigenvalue weighted by Gasteiger charge is -2.18. The van der Waals surface area contributed by atoms with E-state index in [9.17, 15) is 4.39 Å². The number of hydrogen-bond acceptors (Lipinski definition) is 1. The van der Waals surface area contributed by atoms with Crippen molar-refractivity contribution in [2.24, 2.45) is 5.73 Å². The van der Waals surface area contributed by atoms with Crippen molar-refractivity contribution in [2.75, 3.05) is 6.54 Å². The minimum Gasteiger partial charge on any atom is -0.330 e. The van der Waals surface area contributed by atoms with Crippen LogP contribution in [0.25, 0.3) is 0 Å². The average molecular weight is 243 g/mol. The molecule has 0 spiro atoms. The number of aryl methyl sites for hydroxylation is 1. The van der Waals surface area contributed by atoms with Crippen molar-refractivity contribution < 1.29 is 4.39 Å². The van der Waals surface area contributed by atoms with Gasteiger partial charge in [0, 0.05) is 5.92 Å². The summed E-state index contributed by atoms with van der Waals surface area (Å²) in [4.78, 5) is 0. The molecule has 18 heavy (non-hydrogen) atoms. The van der Waals surface area contributed by atoms with Crippen LogP contribution in [0.15, 0.2) is 48.5 Å². The molecule has 2 aromatic carbocycles. The van der Waals surface area contributed by atoms with Crippen molar-refractivity contribution >= 4 is 0 Å². The van der Waals surface area contributed by atoms with E-state index >= 15 is 0 Å². The molecule has 0 amide bonds. The number of rotatable bonds is 4. The van der Waals surface area contributed by atoms with Crippen LogP contribution < -0.4 is 5.73 Å². The molecule has 0 radical (unpaired) electrons. The maximum Gasteiger partial charge on any atom is 0.126 e. The van der Waals surface area contributed by atoms with Gasteiger partial charge in [0.15, 0.2) is 0 Å². The Balaban J connectivity index is 2.38. The summed E-state index contributed by atoms with van der Waals surface area (Å²) in [6.07, 6.45) is 0.870. The summed E-state index contributed by atoms with van der Waals surface area (Å²) in [5, 5.41) is 0. The molecular weight excluding hydrogens is 225 g/mol. The molecule has 2 N–H and O–H groups in total. The number of hydrogen-bond donors (Lipinski definition) is 1. The van der Waals surface area contributed by atoms with Crippen LogP contribution in [0.5, 0.6) is 0 Å². The van der Waals surface area contributed by atoms with Crippen molar-refractivity contribution in [1.82, 2.24) is 0 Å². The maximum absolute atomic E-state index is 13.3. The third kappa shape index (κ3) is 2.77. The molecule has 94 valence electrons. The van der Waals surface area contributed by atoms with Crippen LogP contribution in [0.4, 0.5) is 4.39 Å². The molecule has 0 fully saturated rings. The van der Waals surface area contributed by atoms with Crippen LogP contribution in [0.2, 0.25) is 0 Å². The molecule has 2 heteroatoms. The zero-order valence-corrected chi connectivity index (χ0v) is 10.6. The summed E-state index contributed by atoms with van der Waals surface area (Å²) >= 11 is 0. The zero-order chi connectivity index (χ0) is 13.0. The Labute approximate surface area is 107 Å². The van der Waals surface area contributed by atoms with E-state index < -0.39 is 0 Å². The molecule has 1 unspecified atom stereocenters. The molecule has 0 bridgehead atoms. The van der Waals surface area contributed by atoms with Gasteiger partial charge < -0.3 is 5.73 Å². The van der Waals surface area contributed by atoms with Crippen molar-refractivity contribution in [1.29, 1.82) is 0 Å². The highest BCUT2D eigenvalue weighted by atomic mass is 19.1. The smallest absolute Gasteiger partial charge is 0.126 e. The van der Waals surface area contributed by atoms with E-state index in [0.717, 1.165) is 12.0 Å². The fraction of sp³-hybridized carbons (Fsp3) is 0.250. The topological polar surface area (TPSA) is 26.0 Å². The third-order valence-corrected chi connectivity index (χ3v) is 3.24. The molecule has 1 atom stereocenters. The first-order chi connectivity index (χ1) is 8.72. The van der Waals surface area contributed by atoms with E-state index in [4.69, 9.17) is 5.73 Å². The van der Waals surface area contributed by atoms with Gasteiger partial charge in [0.25, 0.3) is 0 Å². The van der Waals surface area contributed by atoms with Gasteiger partial charge in [-0.2, -0.15) is 0 Å². The van der Waals surface area contributed by atoms with E-state index in [0.29, 0.717) is 12.1 Å². The van der Waals surface area contributed by atoms with Gasteiger partial charge in [0.2, 0.25) is 0 Å². The Morgan fingerprint density at radius 1 is 1.06 bits per heavy atom. The van der Waals surface area contributed by atoms with Crippen molar-refractivity contribution in [3.63, 3.8) is 0 Å². The molecule has 2 aromatic rings. The highest BCUT2D eigenvalue weighted by Crippen LogP contribution is 2.28. The lowest BCUT2D eigenvalue weighted by atomic mass is 9.88. The fourth-order valence-electron chi connectivity index (χ4n) is 2.26. The van der Waals surface area contributed by atoms with Gasteiger partial charge in [0.05, 0.1) is 0 Å². The number of nitrogens with two attached hydrogens (primary N) is 1. The van der Waals surface area contributed by atoms with Gasteiger partial charge in [-0.05, 0) is 42.6 Å². The molecule has 0 aliphatic carbocycles. The summed E-state index contributed by atoms with van der Waals surface area (Å²) in [5.74, 6) is 0.0915. The fourth-order valence-corrected chi connectivity index (χ4v) is 2.26. The first kappa shape index (κ1) is 12.8. The molecule has 0 aromatic heterocycles. The van der Waals surface area contributed by atoms with E-state index in [1.807, 2.05) is 30.3 Å². The summed E-state index contributed by atoms with van der Waals surface area (Å²) in [7, 11) is 0. The largest absolute Gasteiger partial charge is 0.330 e. The highest BCUT2D eigenvalue weighted by molar-refractivity contribution is 5.35. The molecule has 0 aliphatic rings. The molecule has 1 nitrogen and oxygen atoms in total. The predicted octanol–water partition coefficient (Wildman–Crippen LogP) is 3.61. The Morgan fingerprint density at radius 3 is 2.39 bits per heavy atom. The number of halogens is 1. The van der Waals surface area contributed by atoms with Crippen LogP contribution in [-0.4, -0.2) is 6.54 Å². The van der Waals surface area contributed by atoms with Gasteiger partial charge in [-0.1, -0.05) is 42.5 Å². The van der Waals surface area contributed by atoms with E-state index in [-0.39, 0.29) is 11.7 Å². The van der Waals surface area contributed by atoms with Crippen molar-refractivity contribution in [3.05, 3.63) is 71.0 Å². The lowest BCUT2D eigenvalue weighted by molar-refractivity contribution is 0.615. The first-order valence-corrected chi connectivity index (χ1v) is 6.23. The molecule has 0 aliphatic heterocycles. The van der Waals surface area contributed by atoms with Gasteiger partial charge >= 0.3 is 0 Å². The maximum atomic E-state index is 13.3. The van der Waals surface area contributed by atoms with Crippen molar-refractivity contribution in [3.8, 4) is 0 Å². The standard InChI is InChI=1S/C16H18FN/c1-12-11-14(7-8-16(12)17)15(9-10-18)13-5-3-2-4-6-13/h2-8,11,15H,9-10,18H2,1H3. The second-order valence-corrected chi connectivity index (χ2v) is 4.55. The molecule has 0 saturated carbocycles. The van der Waals surface area contributed by atoms with E-state index in [1.165, 1.54) is 11.6 Å². The van der Waals surface area contributed by atoms with E-state index in [2.05, 4.69) is 12.1 Å². The minimum atomic E-state index is -0.154.